The molecule has 92 valence electrons. The fourth-order valence-electron chi connectivity index (χ4n) is 1.55. The van der Waals surface area contributed by atoms with Gasteiger partial charge in [-0.1, -0.05) is 6.07 Å². The molecule has 0 spiro atoms. The molecule has 1 aromatic rings. The molecule has 0 saturated heterocycles. The third-order valence-electron chi connectivity index (χ3n) is 2.46. The summed E-state index contributed by atoms with van der Waals surface area (Å²) in [5.74, 6) is 3.78. The molecule has 1 aromatic carbocycles. The molecular weight excluding hydrogens is 229 g/mol. The first kappa shape index (κ1) is 13.6. The number of unbranched alkanes of at least 4 members (excludes halogenated alkanes) is 1. The Morgan fingerprint density at radius 3 is 2.59 bits per heavy atom. The van der Waals surface area contributed by atoms with Gasteiger partial charge in [0.1, 0.15) is 0 Å². The SMILES string of the molecule is C#CCCCC(NN)c1ccc(F)c(F)c1F. The van der Waals surface area contributed by atoms with Gasteiger partial charge in [0.2, 0.25) is 0 Å². The lowest BCUT2D eigenvalue weighted by Gasteiger charge is -2.16. The molecule has 5 heteroatoms. The summed E-state index contributed by atoms with van der Waals surface area (Å²) in [6.07, 6.45) is 6.66. The van der Waals surface area contributed by atoms with E-state index < -0.39 is 23.5 Å². The van der Waals surface area contributed by atoms with Crippen LogP contribution in [0.3, 0.4) is 0 Å². The highest BCUT2D eigenvalue weighted by Gasteiger charge is 2.19. The van der Waals surface area contributed by atoms with E-state index in [0.717, 1.165) is 6.07 Å². The molecule has 0 heterocycles. The van der Waals surface area contributed by atoms with Gasteiger partial charge in [-0.3, -0.25) is 11.3 Å². The molecule has 0 bridgehead atoms. The number of benzene rings is 1. The van der Waals surface area contributed by atoms with E-state index in [-0.39, 0.29) is 5.56 Å². The normalized spacial score (nSPS) is 12.2. The predicted molar refractivity (Wildman–Crippen MR) is 59.1 cm³/mol. The Bertz CT molecular complexity index is 426. The van der Waals surface area contributed by atoms with Gasteiger partial charge in [0.25, 0.3) is 0 Å². The molecule has 0 aliphatic carbocycles. The van der Waals surface area contributed by atoms with Crippen LogP contribution in [0, 0.1) is 29.8 Å². The van der Waals surface area contributed by atoms with Crippen LogP contribution in [0.5, 0.6) is 0 Å². The average Bonchev–Trinajstić information content (AvgIpc) is 2.33. The first-order valence-corrected chi connectivity index (χ1v) is 5.14. The van der Waals surface area contributed by atoms with Crippen LogP contribution in [0.15, 0.2) is 12.1 Å². The van der Waals surface area contributed by atoms with Crippen LogP contribution in [0.25, 0.3) is 0 Å². The van der Waals surface area contributed by atoms with Crippen LogP contribution in [0.4, 0.5) is 13.2 Å². The molecule has 1 atom stereocenters. The van der Waals surface area contributed by atoms with Crippen LogP contribution in [0.1, 0.15) is 30.9 Å². The highest BCUT2D eigenvalue weighted by atomic mass is 19.2. The lowest BCUT2D eigenvalue weighted by molar-refractivity contribution is 0.417. The van der Waals surface area contributed by atoms with Crippen LogP contribution < -0.4 is 11.3 Å². The van der Waals surface area contributed by atoms with Gasteiger partial charge < -0.3 is 0 Å². The first-order chi connectivity index (χ1) is 8.11. The summed E-state index contributed by atoms with van der Waals surface area (Å²) in [4.78, 5) is 0. The van der Waals surface area contributed by atoms with Crippen LogP contribution >= 0.6 is 0 Å². The largest absolute Gasteiger partial charge is 0.271 e. The van der Waals surface area contributed by atoms with Crippen molar-refractivity contribution in [2.24, 2.45) is 5.84 Å². The van der Waals surface area contributed by atoms with Crippen molar-refractivity contribution in [2.45, 2.75) is 25.3 Å². The van der Waals surface area contributed by atoms with E-state index in [2.05, 4.69) is 11.3 Å². The van der Waals surface area contributed by atoms with Gasteiger partial charge in [0, 0.05) is 18.0 Å². The van der Waals surface area contributed by atoms with E-state index in [9.17, 15) is 13.2 Å². The van der Waals surface area contributed by atoms with Crippen molar-refractivity contribution in [1.82, 2.24) is 5.43 Å². The predicted octanol–water partition coefficient (Wildman–Crippen LogP) is 2.41. The third kappa shape index (κ3) is 3.22. The molecule has 0 amide bonds. The fraction of sp³-hybridized carbons (Fsp3) is 0.333. The van der Waals surface area contributed by atoms with Crippen molar-refractivity contribution in [3.8, 4) is 12.3 Å². The molecule has 0 aliphatic heterocycles. The molecule has 17 heavy (non-hydrogen) atoms. The monoisotopic (exact) mass is 242 g/mol. The van der Waals surface area contributed by atoms with E-state index in [1.165, 1.54) is 6.07 Å². The first-order valence-electron chi connectivity index (χ1n) is 5.14. The van der Waals surface area contributed by atoms with Crippen molar-refractivity contribution in [1.29, 1.82) is 0 Å². The second-order valence-corrected chi connectivity index (χ2v) is 3.58. The summed E-state index contributed by atoms with van der Waals surface area (Å²) >= 11 is 0. The number of rotatable bonds is 5. The van der Waals surface area contributed by atoms with Crippen molar-refractivity contribution in [3.05, 3.63) is 35.1 Å². The quantitative estimate of drug-likeness (QED) is 0.273. The second kappa shape index (κ2) is 6.28. The molecule has 0 saturated carbocycles. The fourth-order valence-corrected chi connectivity index (χ4v) is 1.55. The Labute approximate surface area is 98.0 Å². The summed E-state index contributed by atoms with van der Waals surface area (Å²) in [5.41, 5.74) is 2.37. The van der Waals surface area contributed by atoms with E-state index in [1.54, 1.807) is 0 Å². The number of halogens is 3. The molecule has 3 N–H and O–H groups in total. The molecular formula is C12H13F3N2. The zero-order valence-electron chi connectivity index (χ0n) is 9.14. The maximum atomic E-state index is 13.5. The smallest absolute Gasteiger partial charge is 0.194 e. The zero-order chi connectivity index (χ0) is 12.8. The zero-order valence-corrected chi connectivity index (χ0v) is 9.14. The minimum Gasteiger partial charge on any atom is -0.271 e. The number of hydrazine groups is 1. The lowest BCUT2D eigenvalue weighted by atomic mass is 10.0. The molecule has 0 radical (unpaired) electrons. The van der Waals surface area contributed by atoms with E-state index >= 15 is 0 Å². The molecule has 1 rings (SSSR count). The number of hydrogen-bond donors (Lipinski definition) is 2. The van der Waals surface area contributed by atoms with Crippen molar-refractivity contribution < 1.29 is 13.2 Å². The number of nitrogens with two attached hydrogens (primary N) is 1. The highest BCUT2D eigenvalue weighted by Crippen LogP contribution is 2.24. The van der Waals surface area contributed by atoms with Crippen LogP contribution in [-0.2, 0) is 0 Å². The lowest BCUT2D eigenvalue weighted by Crippen LogP contribution is -2.29. The van der Waals surface area contributed by atoms with E-state index in [4.69, 9.17) is 12.3 Å². The summed E-state index contributed by atoms with van der Waals surface area (Å²) in [6.45, 7) is 0. The third-order valence-corrected chi connectivity index (χ3v) is 2.46. The summed E-state index contributed by atoms with van der Waals surface area (Å²) in [5, 5.41) is 0. The van der Waals surface area contributed by atoms with Gasteiger partial charge in [-0.2, -0.15) is 0 Å². The van der Waals surface area contributed by atoms with Crippen molar-refractivity contribution in [3.63, 3.8) is 0 Å². The van der Waals surface area contributed by atoms with Gasteiger partial charge in [-0.25, -0.2) is 13.2 Å². The molecule has 2 nitrogen and oxygen atoms in total. The minimum atomic E-state index is -1.49. The maximum absolute atomic E-state index is 13.5. The van der Waals surface area contributed by atoms with Crippen LogP contribution in [-0.4, -0.2) is 0 Å². The molecule has 0 aromatic heterocycles. The highest BCUT2D eigenvalue weighted by molar-refractivity contribution is 5.23. The average molecular weight is 242 g/mol. The molecule has 0 aliphatic rings. The van der Waals surface area contributed by atoms with E-state index in [0.29, 0.717) is 19.3 Å². The van der Waals surface area contributed by atoms with Gasteiger partial charge in [0.05, 0.1) is 0 Å². The summed E-state index contributed by atoms with van der Waals surface area (Å²) in [7, 11) is 0. The minimum absolute atomic E-state index is 0.00317. The van der Waals surface area contributed by atoms with Gasteiger partial charge in [-0.15, -0.1) is 12.3 Å². The standard InChI is InChI=1S/C12H13F3N2/c1-2-3-4-5-10(17-16)8-6-7-9(13)12(15)11(8)14/h1,6-7,10,17H,3-5,16H2. The summed E-state index contributed by atoms with van der Waals surface area (Å²) in [6, 6.07) is 1.46. The van der Waals surface area contributed by atoms with Crippen molar-refractivity contribution in [2.75, 3.05) is 0 Å². The Balaban J connectivity index is 2.89. The van der Waals surface area contributed by atoms with Crippen LogP contribution in [0.2, 0.25) is 0 Å². The number of nitrogens with one attached hydrogen (secondary N) is 1. The summed E-state index contributed by atoms with van der Waals surface area (Å²) < 4.78 is 39.2. The Morgan fingerprint density at radius 2 is 2.00 bits per heavy atom. The number of hydrogen-bond acceptors (Lipinski definition) is 2. The molecule has 0 fully saturated rings. The Morgan fingerprint density at radius 1 is 1.29 bits per heavy atom. The maximum Gasteiger partial charge on any atom is 0.194 e. The van der Waals surface area contributed by atoms with Gasteiger partial charge in [0.15, 0.2) is 17.5 Å². The second-order valence-electron chi connectivity index (χ2n) is 3.58. The Hall–Kier alpha value is -1.51. The van der Waals surface area contributed by atoms with Gasteiger partial charge in [-0.05, 0) is 18.9 Å². The topological polar surface area (TPSA) is 38.0 Å². The van der Waals surface area contributed by atoms with Gasteiger partial charge >= 0.3 is 0 Å². The molecule has 1 unspecified atom stereocenters. The Kier molecular flexibility index (Phi) is 5.01. The number of terminal acetylenes is 1. The van der Waals surface area contributed by atoms with Crippen molar-refractivity contribution >= 4 is 0 Å². The van der Waals surface area contributed by atoms with E-state index in [1.807, 2.05) is 0 Å².